The SMILES string of the molecule is O=C(O)c1ccc(COCCCCc2ccccc2)cc1. The summed E-state index contributed by atoms with van der Waals surface area (Å²) in [5.74, 6) is -0.900. The van der Waals surface area contributed by atoms with Crippen molar-refractivity contribution in [3.05, 3.63) is 71.3 Å². The number of carboxylic acids is 1. The Bertz CT molecular complexity index is 546. The number of aryl methyl sites for hydroxylation is 1. The number of ether oxygens (including phenoxy) is 1. The standard InChI is InChI=1S/C18H20O3/c19-18(20)17-11-9-16(10-12-17)14-21-13-5-4-8-15-6-2-1-3-7-15/h1-3,6-7,9-12H,4-5,8,13-14H2,(H,19,20). The van der Waals surface area contributed by atoms with Gasteiger partial charge in [-0.05, 0) is 42.5 Å². The van der Waals surface area contributed by atoms with E-state index in [1.54, 1.807) is 24.3 Å². The van der Waals surface area contributed by atoms with Gasteiger partial charge in [-0.1, -0.05) is 42.5 Å². The highest BCUT2D eigenvalue weighted by Crippen LogP contribution is 2.08. The van der Waals surface area contributed by atoms with Crippen LogP contribution in [0.3, 0.4) is 0 Å². The van der Waals surface area contributed by atoms with Gasteiger partial charge in [-0.25, -0.2) is 4.79 Å². The molecule has 0 aliphatic heterocycles. The van der Waals surface area contributed by atoms with Crippen molar-refractivity contribution < 1.29 is 14.6 Å². The fraction of sp³-hybridized carbons (Fsp3) is 0.278. The first-order valence-electron chi connectivity index (χ1n) is 7.19. The average molecular weight is 284 g/mol. The fourth-order valence-electron chi connectivity index (χ4n) is 2.11. The highest BCUT2D eigenvalue weighted by molar-refractivity contribution is 5.87. The maximum atomic E-state index is 10.7. The van der Waals surface area contributed by atoms with Crippen LogP contribution in [0.2, 0.25) is 0 Å². The van der Waals surface area contributed by atoms with Crippen LogP contribution in [0.5, 0.6) is 0 Å². The normalized spacial score (nSPS) is 10.5. The van der Waals surface area contributed by atoms with Gasteiger partial charge in [0.15, 0.2) is 0 Å². The summed E-state index contributed by atoms with van der Waals surface area (Å²) >= 11 is 0. The lowest BCUT2D eigenvalue weighted by Gasteiger charge is -2.05. The molecule has 2 rings (SSSR count). The van der Waals surface area contributed by atoms with Gasteiger partial charge >= 0.3 is 5.97 Å². The van der Waals surface area contributed by atoms with Crippen LogP contribution in [0.1, 0.15) is 34.3 Å². The van der Waals surface area contributed by atoms with Crippen LogP contribution < -0.4 is 0 Å². The third-order valence-electron chi connectivity index (χ3n) is 3.32. The van der Waals surface area contributed by atoms with Gasteiger partial charge in [-0.2, -0.15) is 0 Å². The minimum Gasteiger partial charge on any atom is -0.478 e. The van der Waals surface area contributed by atoms with Gasteiger partial charge < -0.3 is 9.84 Å². The zero-order chi connectivity index (χ0) is 14.9. The first kappa shape index (κ1) is 15.3. The van der Waals surface area contributed by atoms with E-state index in [0.717, 1.165) is 31.4 Å². The molecule has 1 N–H and O–H groups in total. The number of unbranched alkanes of at least 4 members (excludes halogenated alkanes) is 1. The summed E-state index contributed by atoms with van der Waals surface area (Å²) in [5.41, 5.74) is 2.67. The molecule has 0 heterocycles. The second-order valence-corrected chi connectivity index (χ2v) is 5.00. The van der Waals surface area contributed by atoms with Crippen molar-refractivity contribution in [1.82, 2.24) is 0 Å². The minimum absolute atomic E-state index is 0.307. The Morgan fingerprint density at radius 3 is 2.29 bits per heavy atom. The van der Waals surface area contributed by atoms with E-state index in [1.165, 1.54) is 5.56 Å². The predicted molar refractivity (Wildman–Crippen MR) is 82.4 cm³/mol. The summed E-state index contributed by atoms with van der Waals surface area (Å²) in [4.78, 5) is 10.7. The minimum atomic E-state index is -0.900. The lowest BCUT2D eigenvalue weighted by Crippen LogP contribution is -1.99. The monoisotopic (exact) mass is 284 g/mol. The third-order valence-corrected chi connectivity index (χ3v) is 3.32. The molecular weight excluding hydrogens is 264 g/mol. The molecule has 0 aliphatic carbocycles. The van der Waals surface area contributed by atoms with E-state index >= 15 is 0 Å². The van der Waals surface area contributed by atoms with Crippen molar-refractivity contribution in [3.63, 3.8) is 0 Å². The second kappa shape index (κ2) is 8.22. The molecule has 2 aromatic carbocycles. The van der Waals surface area contributed by atoms with Gasteiger partial charge in [0.1, 0.15) is 0 Å². The molecule has 0 bridgehead atoms. The van der Waals surface area contributed by atoms with Gasteiger partial charge in [0, 0.05) is 6.61 Å². The van der Waals surface area contributed by atoms with Gasteiger partial charge in [-0.3, -0.25) is 0 Å². The molecule has 0 radical (unpaired) electrons. The molecule has 2 aromatic rings. The quantitative estimate of drug-likeness (QED) is 0.747. The largest absolute Gasteiger partial charge is 0.478 e. The van der Waals surface area contributed by atoms with Crippen molar-refractivity contribution in [1.29, 1.82) is 0 Å². The topological polar surface area (TPSA) is 46.5 Å². The Labute approximate surface area is 125 Å². The van der Waals surface area contributed by atoms with E-state index in [-0.39, 0.29) is 0 Å². The predicted octanol–water partition coefficient (Wildman–Crippen LogP) is 3.92. The van der Waals surface area contributed by atoms with E-state index < -0.39 is 5.97 Å². The number of rotatable bonds is 8. The van der Waals surface area contributed by atoms with E-state index in [9.17, 15) is 4.79 Å². The van der Waals surface area contributed by atoms with E-state index in [4.69, 9.17) is 9.84 Å². The van der Waals surface area contributed by atoms with Crippen LogP contribution >= 0.6 is 0 Å². The van der Waals surface area contributed by atoms with Crippen molar-refractivity contribution >= 4 is 5.97 Å². The molecule has 3 heteroatoms. The molecule has 0 unspecified atom stereocenters. The second-order valence-electron chi connectivity index (χ2n) is 5.00. The summed E-state index contributed by atoms with van der Waals surface area (Å²) in [6, 6.07) is 17.3. The number of aromatic carboxylic acids is 1. The average Bonchev–Trinajstić information content (AvgIpc) is 2.52. The summed E-state index contributed by atoms with van der Waals surface area (Å²) in [6.45, 7) is 1.26. The lowest BCUT2D eigenvalue weighted by atomic mass is 10.1. The summed E-state index contributed by atoms with van der Waals surface area (Å²) in [5, 5.41) is 8.81. The molecule has 0 atom stereocenters. The van der Waals surface area contributed by atoms with Gasteiger partial charge in [-0.15, -0.1) is 0 Å². The van der Waals surface area contributed by atoms with Crippen molar-refractivity contribution in [3.8, 4) is 0 Å². The Morgan fingerprint density at radius 1 is 0.905 bits per heavy atom. The fourth-order valence-corrected chi connectivity index (χ4v) is 2.11. The Morgan fingerprint density at radius 2 is 1.62 bits per heavy atom. The zero-order valence-electron chi connectivity index (χ0n) is 12.0. The molecule has 0 saturated heterocycles. The summed E-state index contributed by atoms with van der Waals surface area (Å²) in [7, 11) is 0. The van der Waals surface area contributed by atoms with Gasteiger partial charge in [0.25, 0.3) is 0 Å². The van der Waals surface area contributed by atoms with Crippen LogP contribution in [-0.4, -0.2) is 17.7 Å². The third kappa shape index (κ3) is 5.40. The number of hydrogen-bond acceptors (Lipinski definition) is 2. The van der Waals surface area contributed by atoms with Gasteiger partial charge in [0.2, 0.25) is 0 Å². The number of hydrogen-bond donors (Lipinski definition) is 1. The Hall–Kier alpha value is -2.13. The van der Waals surface area contributed by atoms with E-state index in [0.29, 0.717) is 12.2 Å². The van der Waals surface area contributed by atoms with Crippen LogP contribution in [-0.2, 0) is 17.8 Å². The lowest BCUT2D eigenvalue weighted by molar-refractivity contribution is 0.0696. The summed E-state index contributed by atoms with van der Waals surface area (Å²) in [6.07, 6.45) is 3.22. The zero-order valence-corrected chi connectivity index (χ0v) is 12.0. The smallest absolute Gasteiger partial charge is 0.335 e. The van der Waals surface area contributed by atoms with E-state index in [1.807, 2.05) is 6.07 Å². The molecular formula is C18H20O3. The number of benzene rings is 2. The summed E-state index contributed by atoms with van der Waals surface area (Å²) < 4.78 is 5.61. The number of carboxylic acid groups (broad SMARTS) is 1. The molecule has 3 nitrogen and oxygen atoms in total. The van der Waals surface area contributed by atoms with Gasteiger partial charge in [0.05, 0.1) is 12.2 Å². The molecule has 21 heavy (non-hydrogen) atoms. The van der Waals surface area contributed by atoms with Crippen LogP contribution in [0, 0.1) is 0 Å². The Kier molecular flexibility index (Phi) is 5.98. The van der Waals surface area contributed by atoms with Crippen molar-refractivity contribution in [2.24, 2.45) is 0 Å². The maximum Gasteiger partial charge on any atom is 0.335 e. The van der Waals surface area contributed by atoms with Crippen LogP contribution in [0.15, 0.2) is 54.6 Å². The van der Waals surface area contributed by atoms with Crippen LogP contribution in [0.25, 0.3) is 0 Å². The molecule has 0 amide bonds. The van der Waals surface area contributed by atoms with Crippen molar-refractivity contribution in [2.45, 2.75) is 25.9 Å². The highest BCUT2D eigenvalue weighted by Gasteiger charge is 2.01. The molecule has 0 saturated carbocycles. The van der Waals surface area contributed by atoms with Crippen LogP contribution in [0.4, 0.5) is 0 Å². The first-order valence-corrected chi connectivity index (χ1v) is 7.19. The molecule has 110 valence electrons. The molecule has 0 aromatic heterocycles. The molecule has 0 aliphatic rings. The first-order chi connectivity index (χ1) is 10.3. The Balaban J connectivity index is 1.60. The number of carbonyl (C=O) groups is 1. The van der Waals surface area contributed by atoms with E-state index in [2.05, 4.69) is 24.3 Å². The highest BCUT2D eigenvalue weighted by atomic mass is 16.5. The van der Waals surface area contributed by atoms with Crippen molar-refractivity contribution in [2.75, 3.05) is 6.61 Å². The molecule has 0 fully saturated rings. The molecule has 0 spiro atoms. The maximum absolute atomic E-state index is 10.7.